The molecule has 0 heterocycles. The van der Waals surface area contributed by atoms with E-state index in [1.165, 1.54) is 11.1 Å². The molecule has 0 aromatic heterocycles. The summed E-state index contributed by atoms with van der Waals surface area (Å²) in [6.45, 7) is 12.2. The Kier molecular flexibility index (Phi) is 3.92. The van der Waals surface area contributed by atoms with E-state index in [0.717, 1.165) is 6.54 Å². The first kappa shape index (κ1) is 12.3. The lowest BCUT2D eigenvalue weighted by Crippen LogP contribution is -2.37. The van der Waals surface area contributed by atoms with Crippen LogP contribution in [0.25, 0.3) is 0 Å². The fourth-order valence-corrected chi connectivity index (χ4v) is 1.38. The van der Waals surface area contributed by atoms with Gasteiger partial charge in [-0.25, -0.2) is 0 Å². The van der Waals surface area contributed by atoms with Gasteiger partial charge in [0.05, 0.1) is 0 Å². The van der Waals surface area contributed by atoms with E-state index in [0.29, 0.717) is 11.5 Å². The minimum Gasteiger partial charge on any atom is -0.310 e. The number of hydrogen-bond donors (Lipinski definition) is 1. The molecule has 0 spiro atoms. The second-order valence-electron chi connectivity index (χ2n) is 5.40. The molecule has 0 saturated carbocycles. The van der Waals surface area contributed by atoms with Crippen LogP contribution < -0.4 is 5.32 Å². The van der Waals surface area contributed by atoms with Crippen molar-refractivity contribution in [2.24, 2.45) is 5.41 Å². The SMILES string of the molecule is Cc1ccccc1CNC(C)C(C)(C)C. The van der Waals surface area contributed by atoms with E-state index >= 15 is 0 Å². The van der Waals surface area contributed by atoms with Gasteiger partial charge in [-0.1, -0.05) is 45.0 Å². The molecule has 1 nitrogen and oxygen atoms in total. The van der Waals surface area contributed by atoms with Crippen LogP contribution in [0.4, 0.5) is 0 Å². The second-order valence-corrected chi connectivity index (χ2v) is 5.40. The predicted octanol–water partition coefficient (Wildman–Crippen LogP) is 3.52. The second kappa shape index (κ2) is 4.80. The van der Waals surface area contributed by atoms with Gasteiger partial charge in [0.1, 0.15) is 0 Å². The fraction of sp³-hybridized carbons (Fsp3) is 0.571. The largest absolute Gasteiger partial charge is 0.310 e. The van der Waals surface area contributed by atoms with Crippen molar-refractivity contribution in [2.75, 3.05) is 0 Å². The molecule has 1 aromatic carbocycles. The molecule has 0 radical (unpaired) electrons. The van der Waals surface area contributed by atoms with E-state index in [9.17, 15) is 0 Å². The van der Waals surface area contributed by atoms with E-state index < -0.39 is 0 Å². The normalized spacial score (nSPS) is 13.9. The maximum absolute atomic E-state index is 3.58. The lowest BCUT2D eigenvalue weighted by Gasteiger charge is -2.28. The third-order valence-electron chi connectivity index (χ3n) is 3.16. The zero-order chi connectivity index (χ0) is 11.5. The third kappa shape index (κ3) is 3.67. The maximum Gasteiger partial charge on any atom is 0.0210 e. The van der Waals surface area contributed by atoms with Crippen molar-refractivity contribution in [3.63, 3.8) is 0 Å². The number of aryl methyl sites for hydroxylation is 1. The van der Waals surface area contributed by atoms with Crippen molar-refractivity contribution in [2.45, 2.75) is 47.2 Å². The minimum absolute atomic E-state index is 0.322. The summed E-state index contributed by atoms with van der Waals surface area (Å²) in [5.41, 5.74) is 3.09. The molecular weight excluding hydrogens is 182 g/mol. The van der Waals surface area contributed by atoms with Crippen molar-refractivity contribution in [1.82, 2.24) is 5.32 Å². The minimum atomic E-state index is 0.322. The van der Waals surface area contributed by atoms with Crippen LogP contribution in [-0.2, 0) is 6.54 Å². The van der Waals surface area contributed by atoms with Crippen molar-refractivity contribution in [3.05, 3.63) is 35.4 Å². The first-order chi connectivity index (χ1) is 6.91. The molecule has 84 valence electrons. The van der Waals surface area contributed by atoms with E-state index in [4.69, 9.17) is 0 Å². The average Bonchev–Trinajstić information content (AvgIpc) is 2.14. The summed E-state index contributed by atoms with van der Waals surface area (Å²) in [5, 5.41) is 3.58. The van der Waals surface area contributed by atoms with Gasteiger partial charge >= 0.3 is 0 Å². The van der Waals surface area contributed by atoms with Crippen LogP contribution in [0.3, 0.4) is 0 Å². The first-order valence-electron chi connectivity index (χ1n) is 5.69. The van der Waals surface area contributed by atoms with Gasteiger partial charge in [0.15, 0.2) is 0 Å². The van der Waals surface area contributed by atoms with Crippen LogP contribution in [-0.4, -0.2) is 6.04 Å². The molecule has 0 amide bonds. The molecule has 1 heteroatoms. The molecule has 1 aromatic rings. The molecule has 1 N–H and O–H groups in total. The van der Waals surface area contributed by atoms with Gasteiger partial charge in [-0.2, -0.15) is 0 Å². The Labute approximate surface area is 93.9 Å². The van der Waals surface area contributed by atoms with Gasteiger partial charge in [-0.3, -0.25) is 0 Å². The maximum atomic E-state index is 3.58. The highest BCUT2D eigenvalue weighted by Crippen LogP contribution is 2.19. The van der Waals surface area contributed by atoms with Gasteiger partial charge in [0.2, 0.25) is 0 Å². The van der Waals surface area contributed by atoms with E-state index in [-0.39, 0.29) is 0 Å². The van der Waals surface area contributed by atoms with Gasteiger partial charge in [-0.15, -0.1) is 0 Å². The molecular formula is C14H23N. The Morgan fingerprint density at radius 1 is 1.20 bits per heavy atom. The highest BCUT2D eigenvalue weighted by molar-refractivity contribution is 5.25. The van der Waals surface area contributed by atoms with Crippen LogP contribution in [0.1, 0.15) is 38.8 Å². The van der Waals surface area contributed by atoms with E-state index in [1.54, 1.807) is 0 Å². The summed E-state index contributed by atoms with van der Waals surface area (Å²) in [4.78, 5) is 0. The molecule has 1 unspecified atom stereocenters. The Morgan fingerprint density at radius 3 is 2.33 bits per heavy atom. The summed E-state index contributed by atoms with van der Waals surface area (Å²) in [7, 11) is 0. The summed E-state index contributed by atoms with van der Waals surface area (Å²) < 4.78 is 0. The zero-order valence-electron chi connectivity index (χ0n) is 10.6. The molecule has 0 saturated heterocycles. The number of hydrogen-bond acceptors (Lipinski definition) is 1. The topological polar surface area (TPSA) is 12.0 Å². The highest BCUT2D eigenvalue weighted by Gasteiger charge is 2.18. The molecule has 0 aliphatic carbocycles. The number of nitrogens with one attached hydrogen (secondary N) is 1. The molecule has 0 bridgehead atoms. The average molecular weight is 205 g/mol. The summed E-state index contributed by atoms with van der Waals surface area (Å²) in [6.07, 6.45) is 0. The fourth-order valence-electron chi connectivity index (χ4n) is 1.38. The first-order valence-corrected chi connectivity index (χ1v) is 5.69. The molecule has 0 aliphatic rings. The quantitative estimate of drug-likeness (QED) is 0.796. The Hall–Kier alpha value is -0.820. The molecule has 1 rings (SSSR count). The van der Waals surface area contributed by atoms with Crippen molar-refractivity contribution >= 4 is 0 Å². The number of benzene rings is 1. The lowest BCUT2D eigenvalue weighted by atomic mass is 9.88. The van der Waals surface area contributed by atoms with Crippen LogP contribution >= 0.6 is 0 Å². The molecule has 0 aliphatic heterocycles. The smallest absolute Gasteiger partial charge is 0.0210 e. The zero-order valence-corrected chi connectivity index (χ0v) is 10.6. The van der Waals surface area contributed by atoms with E-state index in [2.05, 4.69) is 64.2 Å². The number of rotatable bonds is 3. The lowest BCUT2D eigenvalue weighted by molar-refractivity contribution is 0.285. The predicted molar refractivity (Wildman–Crippen MR) is 66.9 cm³/mol. The van der Waals surface area contributed by atoms with Crippen LogP contribution in [0.2, 0.25) is 0 Å². The highest BCUT2D eigenvalue weighted by atomic mass is 14.9. The Bertz CT molecular complexity index is 309. The summed E-state index contributed by atoms with van der Waals surface area (Å²) >= 11 is 0. The molecule has 15 heavy (non-hydrogen) atoms. The van der Waals surface area contributed by atoms with Crippen molar-refractivity contribution < 1.29 is 0 Å². The standard InChI is InChI=1S/C14H23N/c1-11-8-6-7-9-13(11)10-15-12(2)14(3,4)5/h6-9,12,15H,10H2,1-5H3. The summed E-state index contributed by atoms with van der Waals surface area (Å²) in [5.74, 6) is 0. The van der Waals surface area contributed by atoms with E-state index in [1.807, 2.05) is 0 Å². The Balaban J connectivity index is 2.55. The van der Waals surface area contributed by atoms with Crippen molar-refractivity contribution in [1.29, 1.82) is 0 Å². The van der Waals surface area contributed by atoms with Crippen LogP contribution in [0.5, 0.6) is 0 Å². The van der Waals surface area contributed by atoms with Gasteiger partial charge in [0.25, 0.3) is 0 Å². The monoisotopic (exact) mass is 205 g/mol. The van der Waals surface area contributed by atoms with Gasteiger partial charge in [-0.05, 0) is 30.4 Å². The van der Waals surface area contributed by atoms with Crippen LogP contribution in [0, 0.1) is 12.3 Å². The van der Waals surface area contributed by atoms with Gasteiger partial charge < -0.3 is 5.32 Å². The summed E-state index contributed by atoms with van der Waals surface area (Å²) in [6, 6.07) is 9.07. The molecule has 0 fully saturated rings. The Morgan fingerprint density at radius 2 is 1.80 bits per heavy atom. The van der Waals surface area contributed by atoms with Crippen LogP contribution in [0.15, 0.2) is 24.3 Å². The molecule has 1 atom stereocenters. The van der Waals surface area contributed by atoms with Gasteiger partial charge in [0, 0.05) is 12.6 Å². The van der Waals surface area contributed by atoms with Crippen molar-refractivity contribution in [3.8, 4) is 0 Å². The third-order valence-corrected chi connectivity index (χ3v) is 3.16.